The topological polar surface area (TPSA) is 74.0 Å². The van der Waals surface area contributed by atoms with Crippen LogP contribution in [0.2, 0.25) is 0 Å². The maximum Gasteiger partial charge on any atom is 0.251 e. The molecule has 19 heavy (non-hydrogen) atoms. The first-order valence-corrected chi connectivity index (χ1v) is 6.91. The Morgan fingerprint density at radius 1 is 1.47 bits per heavy atom. The van der Waals surface area contributed by atoms with Crippen LogP contribution >= 0.6 is 0 Å². The Morgan fingerprint density at radius 2 is 2.32 bits per heavy atom. The third kappa shape index (κ3) is 3.92. The summed E-state index contributed by atoms with van der Waals surface area (Å²) in [7, 11) is 0. The number of aryl methyl sites for hydroxylation is 1. The highest BCUT2D eigenvalue weighted by Gasteiger charge is 2.15. The fourth-order valence-electron chi connectivity index (χ4n) is 2.36. The van der Waals surface area contributed by atoms with Crippen LogP contribution in [0.4, 0.5) is 0 Å². The summed E-state index contributed by atoms with van der Waals surface area (Å²) in [6.45, 7) is 4.63. The van der Waals surface area contributed by atoms with Crippen LogP contribution in [-0.2, 0) is 6.42 Å². The molecule has 1 saturated heterocycles. The van der Waals surface area contributed by atoms with Crippen molar-refractivity contribution < 1.29 is 4.79 Å². The molecule has 0 unspecified atom stereocenters. The summed E-state index contributed by atoms with van der Waals surface area (Å²) in [5.74, 6) is 0.330. The number of aromatic amines is 1. The summed E-state index contributed by atoms with van der Waals surface area (Å²) >= 11 is 0. The van der Waals surface area contributed by atoms with Crippen LogP contribution in [0.1, 0.15) is 35.8 Å². The first kappa shape index (κ1) is 13.8. The fraction of sp³-hybridized carbons (Fsp3) is 0.571. The Kier molecular flexibility index (Phi) is 4.74. The summed E-state index contributed by atoms with van der Waals surface area (Å²) in [5.41, 5.74) is 1.02. The first-order chi connectivity index (χ1) is 9.19. The molecule has 3 N–H and O–H groups in total. The molecule has 0 radical (unpaired) electrons. The van der Waals surface area contributed by atoms with Gasteiger partial charge in [0.05, 0.1) is 0 Å². The highest BCUT2D eigenvalue weighted by molar-refractivity contribution is 5.94. The monoisotopic (exact) mass is 263 g/mol. The second-order valence-corrected chi connectivity index (χ2v) is 5.03. The lowest BCUT2D eigenvalue weighted by Gasteiger charge is -2.22. The lowest BCUT2D eigenvalue weighted by molar-refractivity contribution is 0.0944. The molecule has 1 aromatic rings. The number of rotatable bonds is 4. The molecule has 1 amide bonds. The van der Waals surface area contributed by atoms with Crippen molar-refractivity contribution in [2.24, 2.45) is 5.92 Å². The van der Waals surface area contributed by atoms with E-state index < -0.39 is 0 Å². The molecule has 1 fully saturated rings. The van der Waals surface area contributed by atoms with Gasteiger partial charge in [0.15, 0.2) is 0 Å². The van der Waals surface area contributed by atoms with Crippen molar-refractivity contribution in [3.8, 4) is 0 Å². The Hall–Kier alpha value is -1.62. The van der Waals surface area contributed by atoms with Gasteiger partial charge in [-0.25, -0.2) is 0 Å². The minimum atomic E-state index is -0.219. The van der Waals surface area contributed by atoms with E-state index in [-0.39, 0.29) is 11.5 Å². The number of hydrogen-bond acceptors (Lipinski definition) is 3. The Balaban J connectivity index is 1.95. The first-order valence-electron chi connectivity index (χ1n) is 6.91. The van der Waals surface area contributed by atoms with E-state index in [0.29, 0.717) is 24.4 Å². The number of pyridine rings is 1. The van der Waals surface area contributed by atoms with E-state index in [1.54, 1.807) is 6.07 Å². The number of carbonyl (C=O) groups excluding carboxylic acids is 1. The van der Waals surface area contributed by atoms with Crippen LogP contribution in [0.5, 0.6) is 0 Å². The zero-order valence-corrected chi connectivity index (χ0v) is 11.3. The molecule has 0 saturated carbocycles. The summed E-state index contributed by atoms with van der Waals surface area (Å²) in [5, 5.41) is 6.23. The Morgan fingerprint density at radius 3 is 3.00 bits per heavy atom. The van der Waals surface area contributed by atoms with Gasteiger partial charge in [0.2, 0.25) is 5.56 Å². The van der Waals surface area contributed by atoms with Crippen LogP contribution in [-0.4, -0.2) is 30.5 Å². The van der Waals surface area contributed by atoms with Crippen molar-refractivity contribution in [2.45, 2.75) is 26.2 Å². The Bertz CT molecular complexity index is 490. The van der Waals surface area contributed by atoms with Gasteiger partial charge in [0, 0.05) is 23.9 Å². The second kappa shape index (κ2) is 6.52. The standard InChI is InChI=1S/C14H21N3O2/c1-2-12-6-11(7-13(18)17-12)14(19)16-9-10-4-3-5-15-8-10/h6-7,10,15H,2-5,8-9H2,1H3,(H,16,19)(H,17,18)/t10-/m0/s1. The number of H-pyrrole nitrogens is 1. The maximum absolute atomic E-state index is 12.0. The minimum Gasteiger partial charge on any atom is -0.352 e. The molecule has 1 aromatic heterocycles. The second-order valence-electron chi connectivity index (χ2n) is 5.03. The summed E-state index contributed by atoms with van der Waals surface area (Å²) in [6, 6.07) is 3.10. The summed E-state index contributed by atoms with van der Waals surface area (Å²) in [4.78, 5) is 26.2. The predicted octanol–water partition coefficient (Wildman–Crippen LogP) is 0.667. The van der Waals surface area contributed by atoms with E-state index in [2.05, 4.69) is 15.6 Å². The van der Waals surface area contributed by atoms with Crippen molar-refractivity contribution in [2.75, 3.05) is 19.6 Å². The van der Waals surface area contributed by atoms with Crippen LogP contribution in [0.15, 0.2) is 16.9 Å². The van der Waals surface area contributed by atoms with Gasteiger partial charge >= 0.3 is 0 Å². The number of amides is 1. The van der Waals surface area contributed by atoms with E-state index >= 15 is 0 Å². The van der Waals surface area contributed by atoms with Crippen LogP contribution in [0.3, 0.4) is 0 Å². The molecule has 5 heteroatoms. The third-order valence-corrected chi connectivity index (χ3v) is 3.49. The largest absolute Gasteiger partial charge is 0.352 e. The van der Waals surface area contributed by atoms with E-state index in [1.807, 2.05) is 6.92 Å². The van der Waals surface area contributed by atoms with Crippen molar-refractivity contribution in [3.63, 3.8) is 0 Å². The number of nitrogens with one attached hydrogen (secondary N) is 3. The van der Waals surface area contributed by atoms with E-state index in [4.69, 9.17) is 0 Å². The van der Waals surface area contributed by atoms with Crippen LogP contribution in [0.25, 0.3) is 0 Å². The minimum absolute atomic E-state index is 0.161. The van der Waals surface area contributed by atoms with E-state index in [1.165, 1.54) is 6.07 Å². The molecule has 2 rings (SSSR count). The highest BCUT2D eigenvalue weighted by atomic mass is 16.2. The van der Waals surface area contributed by atoms with Gasteiger partial charge in [-0.1, -0.05) is 6.92 Å². The molecule has 0 spiro atoms. The lowest BCUT2D eigenvalue weighted by atomic mass is 9.99. The molecule has 0 aliphatic carbocycles. The summed E-state index contributed by atoms with van der Waals surface area (Å²) in [6.07, 6.45) is 3.01. The third-order valence-electron chi connectivity index (χ3n) is 3.49. The number of piperidine rings is 1. The SMILES string of the molecule is CCc1cc(C(=O)NC[C@H]2CCCNC2)cc(=O)[nH]1. The molecule has 104 valence electrons. The molecular formula is C14H21N3O2. The number of aromatic nitrogens is 1. The average molecular weight is 263 g/mol. The van der Waals surface area contributed by atoms with Gasteiger partial charge in [0.1, 0.15) is 0 Å². The number of carbonyl (C=O) groups is 1. The van der Waals surface area contributed by atoms with Crippen LogP contribution < -0.4 is 16.2 Å². The van der Waals surface area contributed by atoms with Crippen molar-refractivity contribution in [1.29, 1.82) is 0 Å². The molecule has 1 aliphatic rings. The molecule has 1 aliphatic heterocycles. The zero-order chi connectivity index (χ0) is 13.7. The number of hydrogen-bond donors (Lipinski definition) is 3. The molecular weight excluding hydrogens is 242 g/mol. The quantitative estimate of drug-likeness (QED) is 0.747. The van der Waals surface area contributed by atoms with Gasteiger partial charge in [-0.2, -0.15) is 0 Å². The molecule has 5 nitrogen and oxygen atoms in total. The predicted molar refractivity (Wildman–Crippen MR) is 74.4 cm³/mol. The maximum atomic E-state index is 12.0. The smallest absolute Gasteiger partial charge is 0.251 e. The van der Waals surface area contributed by atoms with Gasteiger partial charge < -0.3 is 15.6 Å². The molecule has 1 atom stereocenters. The van der Waals surface area contributed by atoms with Crippen LogP contribution in [0, 0.1) is 5.92 Å². The zero-order valence-electron chi connectivity index (χ0n) is 11.3. The van der Waals surface area contributed by atoms with Gasteiger partial charge in [-0.3, -0.25) is 9.59 Å². The molecule has 2 heterocycles. The van der Waals surface area contributed by atoms with E-state index in [9.17, 15) is 9.59 Å². The van der Waals surface area contributed by atoms with Crippen molar-refractivity contribution >= 4 is 5.91 Å². The summed E-state index contributed by atoms with van der Waals surface area (Å²) < 4.78 is 0. The molecule has 0 bridgehead atoms. The highest BCUT2D eigenvalue weighted by Crippen LogP contribution is 2.08. The fourth-order valence-corrected chi connectivity index (χ4v) is 2.36. The average Bonchev–Trinajstić information content (AvgIpc) is 2.45. The normalized spacial score (nSPS) is 19.1. The van der Waals surface area contributed by atoms with Gasteiger partial charge in [-0.05, 0) is 44.3 Å². The van der Waals surface area contributed by atoms with E-state index in [0.717, 1.165) is 31.6 Å². The van der Waals surface area contributed by atoms with Crippen molar-refractivity contribution in [1.82, 2.24) is 15.6 Å². The molecule has 0 aromatic carbocycles. The van der Waals surface area contributed by atoms with Gasteiger partial charge in [-0.15, -0.1) is 0 Å². The van der Waals surface area contributed by atoms with Gasteiger partial charge in [0.25, 0.3) is 5.91 Å². The Labute approximate surface area is 112 Å². The van der Waals surface area contributed by atoms with Crippen molar-refractivity contribution in [3.05, 3.63) is 33.7 Å². The lowest BCUT2D eigenvalue weighted by Crippen LogP contribution is -2.38.